The van der Waals surface area contributed by atoms with E-state index in [1.165, 1.54) is 13.1 Å². The van der Waals surface area contributed by atoms with Crippen molar-refractivity contribution in [2.24, 2.45) is 0 Å². The SMILES string of the molecule is CCS(=O)(=O)CCn1c(=O)[nH]cc(Br)c1=O. The second-order valence-corrected chi connectivity index (χ2v) is 6.46. The molecule has 0 aliphatic carbocycles. The fourth-order valence-corrected chi connectivity index (χ4v) is 2.14. The highest BCUT2D eigenvalue weighted by molar-refractivity contribution is 9.10. The molecule has 90 valence electrons. The molecule has 0 aromatic carbocycles. The average Bonchev–Trinajstić information content (AvgIpc) is 2.24. The Kier molecular flexibility index (Phi) is 4.09. The van der Waals surface area contributed by atoms with Gasteiger partial charge in [0.15, 0.2) is 9.84 Å². The van der Waals surface area contributed by atoms with Crippen LogP contribution in [-0.2, 0) is 16.4 Å². The first-order chi connectivity index (χ1) is 7.37. The van der Waals surface area contributed by atoms with Gasteiger partial charge in [-0.25, -0.2) is 13.2 Å². The van der Waals surface area contributed by atoms with Crippen molar-refractivity contribution >= 4 is 25.8 Å². The van der Waals surface area contributed by atoms with E-state index in [-0.39, 0.29) is 22.5 Å². The number of H-pyrrole nitrogens is 1. The summed E-state index contributed by atoms with van der Waals surface area (Å²) in [5.41, 5.74) is -1.14. The van der Waals surface area contributed by atoms with Crippen molar-refractivity contribution in [2.75, 3.05) is 11.5 Å². The largest absolute Gasteiger partial charge is 0.328 e. The molecule has 8 heteroatoms. The third-order valence-corrected chi connectivity index (χ3v) is 4.34. The maximum Gasteiger partial charge on any atom is 0.328 e. The number of hydrogen-bond acceptors (Lipinski definition) is 4. The van der Waals surface area contributed by atoms with Gasteiger partial charge in [0, 0.05) is 18.5 Å². The first kappa shape index (κ1) is 13.2. The highest BCUT2D eigenvalue weighted by Gasteiger charge is 2.11. The summed E-state index contributed by atoms with van der Waals surface area (Å²) in [5.74, 6) is -0.226. The molecule has 0 amide bonds. The van der Waals surface area contributed by atoms with Crippen molar-refractivity contribution in [3.05, 3.63) is 31.5 Å². The molecule has 6 nitrogen and oxygen atoms in total. The summed E-state index contributed by atoms with van der Waals surface area (Å²) in [6.45, 7) is 1.38. The van der Waals surface area contributed by atoms with Crippen LogP contribution < -0.4 is 11.2 Å². The number of halogens is 1. The summed E-state index contributed by atoms with van der Waals surface area (Å²) >= 11 is 2.96. The van der Waals surface area contributed by atoms with E-state index in [1.807, 2.05) is 0 Å². The van der Waals surface area contributed by atoms with E-state index in [4.69, 9.17) is 0 Å². The minimum atomic E-state index is -3.19. The Morgan fingerprint density at radius 1 is 1.44 bits per heavy atom. The molecule has 0 saturated carbocycles. The third-order valence-electron chi connectivity index (χ3n) is 2.08. The fourth-order valence-electron chi connectivity index (χ4n) is 1.06. The Morgan fingerprint density at radius 3 is 2.62 bits per heavy atom. The van der Waals surface area contributed by atoms with E-state index in [0.717, 1.165) is 4.57 Å². The number of nitrogens with zero attached hydrogens (tertiary/aromatic N) is 1. The molecule has 1 aromatic heterocycles. The van der Waals surface area contributed by atoms with Gasteiger partial charge < -0.3 is 4.98 Å². The van der Waals surface area contributed by atoms with E-state index < -0.39 is 21.1 Å². The quantitative estimate of drug-likeness (QED) is 0.829. The standard InChI is InChI=1S/C8H11BrN2O4S/c1-2-16(14,15)4-3-11-7(12)6(9)5-10-8(11)13/h5H,2-4H2,1H3,(H,10,13). The highest BCUT2D eigenvalue weighted by Crippen LogP contribution is 1.97. The predicted molar refractivity (Wildman–Crippen MR) is 63.4 cm³/mol. The van der Waals surface area contributed by atoms with E-state index in [2.05, 4.69) is 20.9 Å². The van der Waals surface area contributed by atoms with Crippen LogP contribution in [0.2, 0.25) is 0 Å². The maximum atomic E-state index is 11.5. The summed E-state index contributed by atoms with van der Waals surface area (Å²) < 4.78 is 23.5. The second-order valence-electron chi connectivity index (χ2n) is 3.13. The van der Waals surface area contributed by atoms with Gasteiger partial charge in [-0.05, 0) is 15.9 Å². The van der Waals surface area contributed by atoms with Crippen LogP contribution in [0.1, 0.15) is 6.92 Å². The van der Waals surface area contributed by atoms with Crippen molar-refractivity contribution in [3.8, 4) is 0 Å². The third kappa shape index (κ3) is 3.05. The van der Waals surface area contributed by atoms with E-state index in [9.17, 15) is 18.0 Å². The summed E-state index contributed by atoms with van der Waals surface area (Å²) in [6, 6.07) is 0. The number of sulfone groups is 1. The van der Waals surface area contributed by atoms with E-state index in [1.54, 1.807) is 0 Å². The smallest absolute Gasteiger partial charge is 0.313 e. The lowest BCUT2D eigenvalue weighted by Crippen LogP contribution is -2.37. The molecule has 0 radical (unpaired) electrons. The van der Waals surface area contributed by atoms with Crippen molar-refractivity contribution in [3.63, 3.8) is 0 Å². The van der Waals surface area contributed by atoms with Crippen LogP contribution in [0.5, 0.6) is 0 Å². The normalized spacial score (nSPS) is 11.6. The van der Waals surface area contributed by atoms with Crippen molar-refractivity contribution in [1.29, 1.82) is 0 Å². The molecular formula is C8H11BrN2O4S. The fraction of sp³-hybridized carbons (Fsp3) is 0.500. The topological polar surface area (TPSA) is 89.0 Å². The number of aromatic amines is 1. The van der Waals surface area contributed by atoms with Crippen LogP contribution >= 0.6 is 15.9 Å². The Labute approximate surface area is 100 Å². The maximum absolute atomic E-state index is 11.5. The average molecular weight is 311 g/mol. The summed E-state index contributed by atoms with van der Waals surface area (Å²) in [6.07, 6.45) is 1.23. The minimum Gasteiger partial charge on any atom is -0.313 e. The van der Waals surface area contributed by atoms with Crippen LogP contribution in [0.15, 0.2) is 20.3 Å². The molecule has 16 heavy (non-hydrogen) atoms. The molecule has 0 saturated heterocycles. The van der Waals surface area contributed by atoms with Gasteiger partial charge in [-0.2, -0.15) is 0 Å². The van der Waals surface area contributed by atoms with Crippen molar-refractivity contribution in [2.45, 2.75) is 13.5 Å². The first-order valence-corrected chi connectivity index (χ1v) is 7.17. The first-order valence-electron chi connectivity index (χ1n) is 4.56. The Balaban J connectivity index is 3.04. The zero-order valence-electron chi connectivity index (χ0n) is 8.57. The molecule has 1 heterocycles. The Hall–Kier alpha value is -0.890. The molecule has 0 atom stereocenters. The molecule has 0 aliphatic heterocycles. The molecule has 1 aromatic rings. The van der Waals surface area contributed by atoms with Gasteiger partial charge in [0.25, 0.3) is 5.56 Å². The lowest BCUT2D eigenvalue weighted by atomic mass is 10.6. The molecule has 0 unspecified atom stereocenters. The van der Waals surface area contributed by atoms with E-state index >= 15 is 0 Å². The van der Waals surface area contributed by atoms with Crippen LogP contribution in [0.3, 0.4) is 0 Å². The Morgan fingerprint density at radius 2 is 2.06 bits per heavy atom. The molecule has 0 bridgehead atoms. The minimum absolute atomic E-state index is 0.00629. The van der Waals surface area contributed by atoms with Crippen LogP contribution in [0.25, 0.3) is 0 Å². The number of aromatic nitrogens is 2. The van der Waals surface area contributed by atoms with Crippen LogP contribution in [0, 0.1) is 0 Å². The van der Waals surface area contributed by atoms with Gasteiger partial charge in [-0.1, -0.05) is 6.92 Å². The molecular weight excluding hydrogens is 300 g/mol. The zero-order chi connectivity index (χ0) is 12.3. The van der Waals surface area contributed by atoms with Gasteiger partial charge in [-0.3, -0.25) is 9.36 Å². The molecule has 1 rings (SSSR count). The lowest BCUT2D eigenvalue weighted by Gasteiger charge is -2.04. The highest BCUT2D eigenvalue weighted by atomic mass is 79.9. The molecule has 0 aliphatic rings. The molecule has 0 spiro atoms. The van der Waals surface area contributed by atoms with Gasteiger partial charge in [0.05, 0.1) is 10.2 Å². The number of nitrogens with one attached hydrogen (secondary N) is 1. The lowest BCUT2D eigenvalue weighted by molar-refractivity contribution is 0.584. The number of hydrogen-bond donors (Lipinski definition) is 1. The van der Waals surface area contributed by atoms with Crippen LogP contribution in [-0.4, -0.2) is 29.5 Å². The van der Waals surface area contributed by atoms with Gasteiger partial charge in [-0.15, -0.1) is 0 Å². The zero-order valence-corrected chi connectivity index (χ0v) is 11.0. The molecule has 0 fully saturated rings. The van der Waals surface area contributed by atoms with Gasteiger partial charge >= 0.3 is 5.69 Å². The van der Waals surface area contributed by atoms with Gasteiger partial charge in [0.2, 0.25) is 0 Å². The van der Waals surface area contributed by atoms with Gasteiger partial charge in [0.1, 0.15) is 0 Å². The molecule has 1 N–H and O–H groups in total. The summed E-state index contributed by atoms with van der Waals surface area (Å²) in [5, 5.41) is 0. The monoisotopic (exact) mass is 310 g/mol. The summed E-state index contributed by atoms with van der Waals surface area (Å²) in [7, 11) is -3.19. The second kappa shape index (κ2) is 4.96. The summed E-state index contributed by atoms with van der Waals surface area (Å²) in [4.78, 5) is 25.1. The van der Waals surface area contributed by atoms with Crippen LogP contribution in [0.4, 0.5) is 0 Å². The van der Waals surface area contributed by atoms with E-state index in [0.29, 0.717) is 0 Å². The predicted octanol–water partition coefficient (Wildman–Crippen LogP) is -0.266. The van der Waals surface area contributed by atoms with Crippen molar-refractivity contribution < 1.29 is 8.42 Å². The van der Waals surface area contributed by atoms with Crippen molar-refractivity contribution in [1.82, 2.24) is 9.55 Å². The number of rotatable bonds is 4. The Bertz CT molecular complexity index is 587.